The van der Waals surface area contributed by atoms with Crippen molar-refractivity contribution in [3.05, 3.63) is 54.4 Å². The average molecular weight is 236 g/mol. The molecule has 0 saturated heterocycles. The number of nitrogens with zero attached hydrogens (tertiary/aromatic N) is 3. The number of aromatic amines is 1. The van der Waals surface area contributed by atoms with Crippen molar-refractivity contribution in [3.63, 3.8) is 0 Å². The lowest BCUT2D eigenvalue weighted by Gasteiger charge is -1.99. The summed E-state index contributed by atoms with van der Waals surface area (Å²) in [7, 11) is 0. The highest BCUT2D eigenvalue weighted by atomic mass is 15.2. The molecule has 0 amide bonds. The Morgan fingerprint density at radius 1 is 1.06 bits per heavy atom. The minimum absolute atomic E-state index is 0.668. The summed E-state index contributed by atoms with van der Waals surface area (Å²) in [6.07, 6.45) is 3.49. The number of hydrogen-bond acceptors (Lipinski definition) is 3. The number of rotatable bonds is 2. The van der Waals surface area contributed by atoms with Crippen LogP contribution in [0.4, 0.5) is 0 Å². The van der Waals surface area contributed by atoms with Crippen molar-refractivity contribution in [1.29, 1.82) is 0 Å². The Balaban J connectivity index is 2.03. The number of H-pyrrole nitrogens is 1. The van der Waals surface area contributed by atoms with Gasteiger partial charge in [0.15, 0.2) is 11.6 Å². The van der Waals surface area contributed by atoms with Crippen LogP contribution in [-0.2, 0) is 0 Å². The van der Waals surface area contributed by atoms with Gasteiger partial charge in [0.05, 0.1) is 0 Å². The molecule has 0 aliphatic carbocycles. The highest BCUT2D eigenvalue weighted by molar-refractivity contribution is 5.63. The molecule has 2 aromatic heterocycles. The molecule has 0 aliphatic heterocycles. The SMILES string of the molecule is Cc1ccccc1-c1nc(-c2cccnc2)n[nH]1. The topological polar surface area (TPSA) is 54.5 Å². The maximum absolute atomic E-state index is 4.50. The number of nitrogens with one attached hydrogen (secondary N) is 1. The fourth-order valence-corrected chi connectivity index (χ4v) is 1.84. The van der Waals surface area contributed by atoms with E-state index in [2.05, 4.69) is 33.2 Å². The number of aromatic nitrogens is 4. The first-order valence-electron chi connectivity index (χ1n) is 5.73. The quantitative estimate of drug-likeness (QED) is 0.744. The van der Waals surface area contributed by atoms with Crippen LogP contribution in [0.2, 0.25) is 0 Å². The summed E-state index contributed by atoms with van der Waals surface area (Å²) < 4.78 is 0. The Kier molecular flexibility index (Phi) is 2.61. The molecular formula is C14H12N4. The van der Waals surface area contributed by atoms with E-state index in [9.17, 15) is 0 Å². The third-order valence-corrected chi connectivity index (χ3v) is 2.81. The first kappa shape index (κ1) is 10.7. The molecule has 0 saturated carbocycles. The van der Waals surface area contributed by atoms with Crippen molar-refractivity contribution in [3.8, 4) is 22.8 Å². The van der Waals surface area contributed by atoms with Gasteiger partial charge < -0.3 is 0 Å². The largest absolute Gasteiger partial charge is 0.264 e. The predicted molar refractivity (Wildman–Crippen MR) is 69.8 cm³/mol. The third kappa shape index (κ3) is 1.88. The molecule has 0 unspecified atom stereocenters. The fraction of sp³-hybridized carbons (Fsp3) is 0.0714. The molecule has 0 spiro atoms. The van der Waals surface area contributed by atoms with E-state index < -0.39 is 0 Å². The van der Waals surface area contributed by atoms with Gasteiger partial charge in [-0.05, 0) is 24.6 Å². The summed E-state index contributed by atoms with van der Waals surface area (Å²) in [5.41, 5.74) is 3.15. The number of pyridine rings is 1. The van der Waals surface area contributed by atoms with E-state index in [0.717, 1.165) is 17.0 Å². The standard InChI is InChI=1S/C14H12N4/c1-10-5-2-3-7-12(10)14-16-13(17-18-14)11-6-4-8-15-9-11/h2-9H,1H3,(H,16,17,18). The van der Waals surface area contributed by atoms with Crippen LogP contribution < -0.4 is 0 Å². The van der Waals surface area contributed by atoms with E-state index in [1.54, 1.807) is 12.4 Å². The second kappa shape index (κ2) is 4.41. The monoisotopic (exact) mass is 236 g/mol. The molecule has 0 bridgehead atoms. The second-order valence-electron chi connectivity index (χ2n) is 4.06. The Bertz CT molecular complexity index is 658. The number of aryl methyl sites for hydroxylation is 1. The summed E-state index contributed by atoms with van der Waals surface area (Å²) in [4.78, 5) is 8.57. The van der Waals surface area contributed by atoms with Gasteiger partial charge in [-0.15, -0.1) is 0 Å². The van der Waals surface area contributed by atoms with Crippen LogP contribution in [0, 0.1) is 6.92 Å². The summed E-state index contributed by atoms with van der Waals surface area (Å²) in [5.74, 6) is 1.45. The molecular weight excluding hydrogens is 224 g/mol. The Morgan fingerprint density at radius 3 is 2.72 bits per heavy atom. The number of benzene rings is 1. The van der Waals surface area contributed by atoms with Crippen molar-refractivity contribution in [2.24, 2.45) is 0 Å². The maximum atomic E-state index is 4.50. The molecule has 1 N–H and O–H groups in total. The Morgan fingerprint density at radius 2 is 1.94 bits per heavy atom. The first-order valence-corrected chi connectivity index (χ1v) is 5.73. The highest BCUT2D eigenvalue weighted by Crippen LogP contribution is 2.21. The number of hydrogen-bond donors (Lipinski definition) is 1. The predicted octanol–water partition coefficient (Wildman–Crippen LogP) is 2.84. The van der Waals surface area contributed by atoms with Gasteiger partial charge in [-0.25, -0.2) is 4.98 Å². The van der Waals surface area contributed by atoms with Crippen molar-refractivity contribution in [1.82, 2.24) is 20.2 Å². The summed E-state index contributed by atoms with van der Waals surface area (Å²) in [5, 5.41) is 7.20. The van der Waals surface area contributed by atoms with Crippen LogP contribution in [0.1, 0.15) is 5.56 Å². The molecule has 0 aliphatic rings. The minimum Gasteiger partial charge on any atom is -0.264 e. The zero-order chi connectivity index (χ0) is 12.4. The van der Waals surface area contributed by atoms with Crippen LogP contribution >= 0.6 is 0 Å². The lowest BCUT2D eigenvalue weighted by molar-refractivity contribution is 1.09. The third-order valence-electron chi connectivity index (χ3n) is 2.81. The molecule has 4 nitrogen and oxygen atoms in total. The van der Waals surface area contributed by atoms with Crippen LogP contribution in [0.5, 0.6) is 0 Å². The molecule has 3 aromatic rings. The zero-order valence-electron chi connectivity index (χ0n) is 9.96. The summed E-state index contributed by atoms with van der Waals surface area (Å²) in [6, 6.07) is 11.9. The Labute approximate surface area is 105 Å². The maximum Gasteiger partial charge on any atom is 0.183 e. The summed E-state index contributed by atoms with van der Waals surface area (Å²) in [6.45, 7) is 2.06. The van der Waals surface area contributed by atoms with Crippen LogP contribution in [0.25, 0.3) is 22.8 Å². The van der Waals surface area contributed by atoms with Crippen molar-refractivity contribution >= 4 is 0 Å². The van der Waals surface area contributed by atoms with Gasteiger partial charge in [0.2, 0.25) is 0 Å². The second-order valence-corrected chi connectivity index (χ2v) is 4.06. The zero-order valence-corrected chi connectivity index (χ0v) is 9.96. The van der Waals surface area contributed by atoms with E-state index >= 15 is 0 Å². The molecule has 3 rings (SSSR count). The fourth-order valence-electron chi connectivity index (χ4n) is 1.84. The summed E-state index contributed by atoms with van der Waals surface area (Å²) >= 11 is 0. The van der Waals surface area contributed by atoms with Gasteiger partial charge in [0, 0.05) is 23.5 Å². The van der Waals surface area contributed by atoms with Crippen molar-refractivity contribution in [2.45, 2.75) is 6.92 Å². The van der Waals surface area contributed by atoms with Gasteiger partial charge in [-0.1, -0.05) is 24.3 Å². The molecule has 0 radical (unpaired) electrons. The van der Waals surface area contributed by atoms with E-state index in [1.807, 2.05) is 30.3 Å². The van der Waals surface area contributed by atoms with Gasteiger partial charge in [-0.2, -0.15) is 5.10 Å². The highest BCUT2D eigenvalue weighted by Gasteiger charge is 2.08. The van der Waals surface area contributed by atoms with E-state index in [4.69, 9.17) is 0 Å². The van der Waals surface area contributed by atoms with Crippen LogP contribution in [-0.4, -0.2) is 20.2 Å². The molecule has 2 heterocycles. The molecule has 0 fully saturated rings. The molecule has 4 heteroatoms. The normalized spacial score (nSPS) is 10.5. The lowest BCUT2D eigenvalue weighted by Crippen LogP contribution is -1.85. The molecule has 18 heavy (non-hydrogen) atoms. The van der Waals surface area contributed by atoms with Gasteiger partial charge in [-0.3, -0.25) is 10.1 Å². The van der Waals surface area contributed by atoms with Crippen molar-refractivity contribution in [2.75, 3.05) is 0 Å². The molecule has 0 atom stereocenters. The Hall–Kier alpha value is -2.49. The van der Waals surface area contributed by atoms with E-state index in [1.165, 1.54) is 5.56 Å². The first-order chi connectivity index (χ1) is 8.84. The molecule has 88 valence electrons. The van der Waals surface area contributed by atoms with Gasteiger partial charge in [0.25, 0.3) is 0 Å². The van der Waals surface area contributed by atoms with E-state index in [0.29, 0.717) is 5.82 Å². The smallest absolute Gasteiger partial charge is 0.183 e. The average Bonchev–Trinajstić information content (AvgIpc) is 2.90. The van der Waals surface area contributed by atoms with Crippen LogP contribution in [0.3, 0.4) is 0 Å². The van der Waals surface area contributed by atoms with E-state index in [-0.39, 0.29) is 0 Å². The molecule has 1 aromatic carbocycles. The minimum atomic E-state index is 0.668. The van der Waals surface area contributed by atoms with Gasteiger partial charge in [0.1, 0.15) is 0 Å². The van der Waals surface area contributed by atoms with Crippen LogP contribution in [0.15, 0.2) is 48.8 Å². The van der Waals surface area contributed by atoms with Crippen molar-refractivity contribution < 1.29 is 0 Å². The lowest BCUT2D eigenvalue weighted by atomic mass is 10.1. The van der Waals surface area contributed by atoms with Gasteiger partial charge >= 0.3 is 0 Å².